The number of aromatic nitrogens is 3. The maximum absolute atomic E-state index is 12.0. The molecule has 3 rings (SSSR count). The predicted octanol–water partition coefficient (Wildman–Crippen LogP) is 1.81. The number of carbonyl (C=O) groups is 2. The Kier molecular flexibility index (Phi) is 7.36. The van der Waals surface area contributed by atoms with Gasteiger partial charge in [0.15, 0.2) is 5.01 Å². The van der Waals surface area contributed by atoms with Crippen molar-refractivity contribution in [3.8, 4) is 0 Å². The lowest BCUT2D eigenvalue weighted by Gasteiger charge is -2.19. The topological polar surface area (TPSA) is 91.6 Å². The number of carboxylic acid groups (broad SMARTS) is 1. The zero-order valence-corrected chi connectivity index (χ0v) is 17.0. The van der Waals surface area contributed by atoms with Crippen molar-refractivity contribution in [2.24, 2.45) is 7.05 Å². The van der Waals surface area contributed by atoms with Gasteiger partial charge in [-0.25, -0.2) is 14.8 Å². The highest BCUT2D eigenvalue weighted by atomic mass is 32.1. The molecule has 0 saturated carbocycles. The SMILES string of the molecule is CN(C)C(=O)c1nc2c(s1)CCN(Cc1nccn1C)CC2.O=C(O)C(F)(F)F. The number of fused-ring (bicyclic) bond motifs is 1. The van der Waals surface area contributed by atoms with Gasteiger partial charge in [0, 0.05) is 57.9 Å². The van der Waals surface area contributed by atoms with Gasteiger partial charge < -0.3 is 14.6 Å². The van der Waals surface area contributed by atoms with Crippen molar-refractivity contribution < 1.29 is 27.9 Å². The van der Waals surface area contributed by atoms with Crippen molar-refractivity contribution in [3.05, 3.63) is 33.8 Å². The van der Waals surface area contributed by atoms with Gasteiger partial charge in [0.05, 0.1) is 12.2 Å². The van der Waals surface area contributed by atoms with E-state index in [1.54, 1.807) is 30.3 Å². The Balaban J connectivity index is 0.000000370. The van der Waals surface area contributed by atoms with Crippen molar-refractivity contribution in [2.75, 3.05) is 27.2 Å². The van der Waals surface area contributed by atoms with Crippen LogP contribution in [0.25, 0.3) is 0 Å². The van der Waals surface area contributed by atoms with Crippen molar-refractivity contribution in [2.45, 2.75) is 25.6 Å². The van der Waals surface area contributed by atoms with Crippen molar-refractivity contribution in [1.82, 2.24) is 24.3 Å². The summed E-state index contributed by atoms with van der Waals surface area (Å²) in [6.07, 6.45) is 0.588. The molecule has 2 aromatic rings. The van der Waals surface area contributed by atoms with E-state index < -0.39 is 12.1 Å². The van der Waals surface area contributed by atoms with E-state index in [2.05, 4.69) is 19.4 Å². The lowest BCUT2D eigenvalue weighted by molar-refractivity contribution is -0.192. The van der Waals surface area contributed by atoms with E-state index in [1.165, 1.54) is 4.88 Å². The summed E-state index contributed by atoms with van der Waals surface area (Å²) in [5.41, 5.74) is 1.09. The minimum atomic E-state index is -5.08. The third-order valence-corrected chi connectivity index (χ3v) is 5.36. The number of aliphatic carboxylic acids is 1. The fraction of sp³-hybridized carbons (Fsp3) is 0.529. The molecule has 12 heteroatoms. The number of nitrogens with zero attached hydrogens (tertiary/aromatic N) is 5. The largest absolute Gasteiger partial charge is 0.490 e. The number of hydrogen-bond donors (Lipinski definition) is 1. The summed E-state index contributed by atoms with van der Waals surface area (Å²) < 4.78 is 33.8. The second kappa shape index (κ2) is 9.35. The molecule has 1 N–H and O–H groups in total. The summed E-state index contributed by atoms with van der Waals surface area (Å²) in [6.45, 7) is 2.80. The van der Waals surface area contributed by atoms with E-state index in [4.69, 9.17) is 9.90 Å². The van der Waals surface area contributed by atoms with Crippen LogP contribution in [0.5, 0.6) is 0 Å². The normalized spacial score (nSPS) is 14.4. The number of alkyl halides is 3. The van der Waals surface area contributed by atoms with Crippen LogP contribution in [-0.2, 0) is 31.2 Å². The molecule has 0 atom stereocenters. The molecular weight excluding hydrogens is 411 g/mol. The van der Waals surface area contributed by atoms with Crippen LogP contribution >= 0.6 is 11.3 Å². The Morgan fingerprint density at radius 3 is 2.41 bits per heavy atom. The molecular formula is C17H22F3N5O3S. The first-order valence-corrected chi connectivity index (χ1v) is 9.49. The maximum Gasteiger partial charge on any atom is 0.490 e. The first-order chi connectivity index (χ1) is 13.5. The van der Waals surface area contributed by atoms with Crippen LogP contribution in [-0.4, -0.2) is 74.7 Å². The predicted molar refractivity (Wildman–Crippen MR) is 99.7 cm³/mol. The fourth-order valence-electron chi connectivity index (χ4n) is 2.60. The summed E-state index contributed by atoms with van der Waals surface area (Å²) >= 11 is 1.55. The summed E-state index contributed by atoms with van der Waals surface area (Å²) in [7, 11) is 5.56. The molecule has 0 saturated heterocycles. The monoisotopic (exact) mass is 433 g/mol. The Hall–Kier alpha value is -2.47. The maximum atomic E-state index is 12.0. The molecule has 0 aliphatic carbocycles. The molecule has 8 nitrogen and oxygen atoms in total. The highest BCUT2D eigenvalue weighted by Crippen LogP contribution is 2.24. The molecule has 2 aromatic heterocycles. The van der Waals surface area contributed by atoms with Crippen molar-refractivity contribution >= 4 is 23.2 Å². The molecule has 1 aliphatic heterocycles. The standard InChI is InChI=1S/C15H21N5OS.C2HF3O2/c1-18(2)15(21)14-17-11-4-7-20(8-5-12(11)22-14)10-13-16-6-9-19(13)3;3-2(4,5)1(6)7/h6,9H,4-5,7-8,10H2,1-3H3;(H,6,7). The lowest BCUT2D eigenvalue weighted by atomic mass is 10.2. The zero-order chi connectivity index (χ0) is 21.8. The molecule has 0 unspecified atom stereocenters. The average Bonchev–Trinajstić information content (AvgIpc) is 3.17. The van der Waals surface area contributed by atoms with Crippen molar-refractivity contribution in [1.29, 1.82) is 0 Å². The third-order valence-electron chi connectivity index (χ3n) is 4.22. The molecule has 3 heterocycles. The average molecular weight is 433 g/mol. The molecule has 0 radical (unpaired) electrons. The molecule has 0 spiro atoms. The van der Waals surface area contributed by atoms with Gasteiger partial charge in [-0.15, -0.1) is 11.3 Å². The van der Waals surface area contributed by atoms with Crippen LogP contribution in [0.1, 0.15) is 26.2 Å². The van der Waals surface area contributed by atoms with Gasteiger partial charge in [0.1, 0.15) is 5.82 Å². The Bertz CT molecular complexity index is 837. The van der Waals surface area contributed by atoms with Crippen LogP contribution in [0.2, 0.25) is 0 Å². The van der Waals surface area contributed by atoms with Gasteiger partial charge in [0.25, 0.3) is 5.91 Å². The fourth-order valence-corrected chi connectivity index (χ4v) is 3.72. The zero-order valence-electron chi connectivity index (χ0n) is 16.2. The van der Waals surface area contributed by atoms with Crippen LogP contribution in [0, 0.1) is 0 Å². The summed E-state index contributed by atoms with van der Waals surface area (Å²) in [5, 5.41) is 7.74. The lowest BCUT2D eigenvalue weighted by Crippen LogP contribution is -2.27. The van der Waals surface area contributed by atoms with Crippen LogP contribution in [0.3, 0.4) is 0 Å². The quantitative estimate of drug-likeness (QED) is 0.794. The van der Waals surface area contributed by atoms with Gasteiger partial charge in [-0.05, 0) is 6.42 Å². The summed E-state index contributed by atoms with van der Waals surface area (Å²) in [6, 6.07) is 0. The number of amides is 1. The molecule has 29 heavy (non-hydrogen) atoms. The number of imidazole rings is 1. The summed E-state index contributed by atoms with van der Waals surface area (Å²) in [5.74, 6) is -1.67. The molecule has 160 valence electrons. The van der Waals surface area contributed by atoms with Crippen LogP contribution in [0.15, 0.2) is 12.4 Å². The Morgan fingerprint density at radius 2 is 1.90 bits per heavy atom. The number of halogens is 3. The minimum Gasteiger partial charge on any atom is -0.475 e. The van der Waals surface area contributed by atoms with Gasteiger partial charge in [-0.2, -0.15) is 13.2 Å². The van der Waals surface area contributed by atoms with Crippen LogP contribution in [0.4, 0.5) is 13.2 Å². The highest BCUT2D eigenvalue weighted by Gasteiger charge is 2.38. The molecule has 0 aromatic carbocycles. The van der Waals surface area contributed by atoms with E-state index in [-0.39, 0.29) is 5.91 Å². The number of rotatable bonds is 3. The van der Waals surface area contributed by atoms with Crippen LogP contribution < -0.4 is 0 Å². The van der Waals surface area contributed by atoms with Crippen molar-refractivity contribution in [3.63, 3.8) is 0 Å². The first-order valence-electron chi connectivity index (χ1n) is 8.68. The van der Waals surface area contributed by atoms with E-state index in [1.807, 2.05) is 19.4 Å². The molecule has 1 amide bonds. The summed E-state index contributed by atoms with van der Waals surface area (Å²) in [4.78, 5) is 35.1. The third kappa shape index (κ3) is 6.26. The van der Waals surface area contributed by atoms with E-state index >= 15 is 0 Å². The van der Waals surface area contributed by atoms with E-state index in [9.17, 15) is 18.0 Å². The van der Waals surface area contributed by atoms with E-state index in [0.29, 0.717) is 5.01 Å². The Morgan fingerprint density at radius 1 is 1.28 bits per heavy atom. The number of carboxylic acids is 1. The molecule has 1 aliphatic rings. The smallest absolute Gasteiger partial charge is 0.475 e. The number of aryl methyl sites for hydroxylation is 1. The second-order valence-corrected chi connectivity index (χ2v) is 7.71. The second-order valence-electron chi connectivity index (χ2n) is 6.62. The minimum absolute atomic E-state index is 0.00272. The van der Waals surface area contributed by atoms with Gasteiger partial charge in [-0.3, -0.25) is 9.69 Å². The van der Waals surface area contributed by atoms with E-state index in [0.717, 1.165) is 44.0 Å². The van der Waals surface area contributed by atoms with Gasteiger partial charge in [0.2, 0.25) is 0 Å². The van der Waals surface area contributed by atoms with Gasteiger partial charge >= 0.3 is 12.1 Å². The molecule has 0 fully saturated rings. The van der Waals surface area contributed by atoms with Gasteiger partial charge in [-0.1, -0.05) is 0 Å². The highest BCUT2D eigenvalue weighted by molar-refractivity contribution is 7.13. The number of hydrogen-bond acceptors (Lipinski definition) is 6. The number of carbonyl (C=O) groups excluding carboxylic acids is 1. The Labute approximate surface area is 169 Å². The molecule has 0 bridgehead atoms. The first kappa shape index (κ1) is 22.8. The number of thiazole rings is 1.